The van der Waals surface area contributed by atoms with Crippen LogP contribution in [0.25, 0.3) is 0 Å². The number of halogens is 2. The van der Waals surface area contributed by atoms with Crippen LogP contribution < -0.4 is 5.32 Å². The lowest BCUT2D eigenvalue weighted by molar-refractivity contribution is -0.138. The third-order valence-corrected chi connectivity index (χ3v) is 3.75. The number of hydrogen-bond acceptors (Lipinski definition) is 7. The number of phenolic OH excluding ortho intramolecular Hbond substituents is 2. The SMILES string of the molecule is O=C(O)CC1SC(=NN=Cc2cc(F)c(O)c(F)c2O)NC1=O. The van der Waals surface area contributed by atoms with Gasteiger partial charge in [0.15, 0.2) is 22.5 Å². The molecule has 1 fully saturated rings. The van der Waals surface area contributed by atoms with Gasteiger partial charge in [0.05, 0.1) is 12.6 Å². The molecule has 0 saturated carbocycles. The Labute approximate surface area is 131 Å². The van der Waals surface area contributed by atoms with E-state index in [4.69, 9.17) is 10.2 Å². The molecule has 1 heterocycles. The predicted molar refractivity (Wildman–Crippen MR) is 76.5 cm³/mol. The molecule has 11 heteroatoms. The number of nitrogens with one attached hydrogen (secondary N) is 1. The van der Waals surface area contributed by atoms with Crippen molar-refractivity contribution in [3.05, 3.63) is 23.3 Å². The first-order chi connectivity index (χ1) is 10.8. The molecule has 8 nitrogen and oxygen atoms in total. The molecular formula is C12H9F2N3O5S. The fourth-order valence-electron chi connectivity index (χ4n) is 1.60. The van der Waals surface area contributed by atoms with Crippen LogP contribution in [0.5, 0.6) is 11.5 Å². The average molecular weight is 345 g/mol. The quantitative estimate of drug-likeness (QED) is 0.471. The number of carboxylic acids is 1. The summed E-state index contributed by atoms with van der Waals surface area (Å²) in [6.45, 7) is 0. The average Bonchev–Trinajstić information content (AvgIpc) is 2.81. The minimum absolute atomic E-state index is 0.0108. The maximum absolute atomic E-state index is 13.3. The number of thioether (sulfide) groups is 1. The Morgan fingerprint density at radius 1 is 1.39 bits per heavy atom. The molecule has 2 rings (SSSR count). The number of rotatable bonds is 4. The molecule has 1 atom stereocenters. The summed E-state index contributed by atoms with van der Waals surface area (Å²) in [4.78, 5) is 22.0. The van der Waals surface area contributed by atoms with Crippen molar-refractivity contribution in [1.82, 2.24) is 5.32 Å². The first kappa shape index (κ1) is 16.7. The van der Waals surface area contributed by atoms with E-state index in [1.807, 2.05) is 0 Å². The second-order valence-electron chi connectivity index (χ2n) is 4.30. The van der Waals surface area contributed by atoms with Gasteiger partial charge in [0.1, 0.15) is 5.25 Å². The van der Waals surface area contributed by atoms with Crippen LogP contribution in [0.2, 0.25) is 0 Å². The van der Waals surface area contributed by atoms with Crippen LogP contribution in [-0.2, 0) is 9.59 Å². The molecule has 1 unspecified atom stereocenters. The normalized spacial score (nSPS) is 19.5. The topological polar surface area (TPSA) is 132 Å². The van der Waals surface area contributed by atoms with Gasteiger partial charge >= 0.3 is 5.97 Å². The van der Waals surface area contributed by atoms with Crippen molar-refractivity contribution < 1.29 is 33.7 Å². The fourth-order valence-corrected chi connectivity index (χ4v) is 2.52. The van der Waals surface area contributed by atoms with Crippen molar-refractivity contribution in [2.45, 2.75) is 11.7 Å². The lowest BCUT2D eigenvalue weighted by Crippen LogP contribution is -2.26. The molecule has 1 aromatic carbocycles. The van der Waals surface area contributed by atoms with E-state index < -0.39 is 46.7 Å². The van der Waals surface area contributed by atoms with Crippen molar-refractivity contribution in [2.75, 3.05) is 0 Å². The van der Waals surface area contributed by atoms with E-state index in [0.717, 1.165) is 18.0 Å². The van der Waals surface area contributed by atoms with E-state index in [1.165, 1.54) is 0 Å². The number of amides is 1. The summed E-state index contributed by atoms with van der Waals surface area (Å²) in [5.74, 6) is -6.86. The Morgan fingerprint density at radius 3 is 2.74 bits per heavy atom. The number of carbonyl (C=O) groups is 2. The molecule has 1 aromatic rings. The lowest BCUT2D eigenvalue weighted by atomic mass is 10.2. The van der Waals surface area contributed by atoms with E-state index in [2.05, 4.69) is 15.5 Å². The van der Waals surface area contributed by atoms with Crippen molar-refractivity contribution >= 4 is 35.0 Å². The van der Waals surface area contributed by atoms with Gasteiger partial charge in [-0.05, 0) is 6.07 Å². The molecule has 0 spiro atoms. The van der Waals surface area contributed by atoms with Gasteiger partial charge in [-0.1, -0.05) is 11.8 Å². The predicted octanol–water partition coefficient (Wildman–Crippen LogP) is 0.772. The Kier molecular flexibility index (Phi) is 4.79. The number of hydrogen-bond donors (Lipinski definition) is 4. The molecule has 1 amide bonds. The first-order valence-electron chi connectivity index (χ1n) is 6.00. The highest BCUT2D eigenvalue weighted by Gasteiger charge is 2.32. The second kappa shape index (κ2) is 6.60. The summed E-state index contributed by atoms with van der Waals surface area (Å²) >= 11 is 0.839. The minimum atomic E-state index is -1.54. The third-order valence-electron chi connectivity index (χ3n) is 2.68. The summed E-state index contributed by atoms with van der Waals surface area (Å²) in [6, 6.07) is 0.644. The number of aliphatic carboxylic acids is 1. The van der Waals surface area contributed by atoms with Crippen LogP contribution in [0, 0.1) is 11.6 Å². The summed E-state index contributed by atoms with van der Waals surface area (Å²) in [5, 5.41) is 35.4. The van der Waals surface area contributed by atoms with Gasteiger partial charge in [-0.15, -0.1) is 5.10 Å². The van der Waals surface area contributed by atoms with Gasteiger partial charge in [0.2, 0.25) is 11.7 Å². The highest BCUT2D eigenvalue weighted by molar-refractivity contribution is 8.15. The van der Waals surface area contributed by atoms with Crippen LogP contribution in [0.4, 0.5) is 8.78 Å². The van der Waals surface area contributed by atoms with Gasteiger partial charge in [0, 0.05) is 5.56 Å². The Hall–Kier alpha value is -2.69. The zero-order chi connectivity index (χ0) is 17.1. The van der Waals surface area contributed by atoms with E-state index >= 15 is 0 Å². The molecule has 122 valence electrons. The van der Waals surface area contributed by atoms with Gasteiger partial charge < -0.3 is 20.6 Å². The highest BCUT2D eigenvalue weighted by Crippen LogP contribution is 2.30. The van der Waals surface area contributed by atoms with E-state index in [9.17, 15) is 23.5 Å². The molecule has 4 N–H and O–H groups in total. The van der Waals surface area contributed by atoms with E-state index in [-0.39, 0.29) is 10.7 Å². The number of carboxylic acid groups (broad SMARTS) is 1. The first-order valence-corrected chi connectivity index (χ1v) is 6.87. The molecular weight excluding hydrogens is 336 g/mol. The second-order valence-corrected chi connectivity index (χ2v) is 5.49. The fraction of sp³-hybridized carbons (Fsp3) is 0.167. The van der Waals surface area contributed by atoms with Crippen LogP contribution in [0.3, 0.4) is 0 Å². The number of benzene rings is 1. The summed E-state index contributed by atoms with van der Waals surface area (Å²) < 4.78 is 26.4. The zero-order valence-electron chi connectivity index (χ0n) is 11.2. The smallest absolute Gasteiger partial charge is 0.305 e. The largest absolute Gasteiger partial charge is 0.504 e. The van der Waals surface area contributed by atoms with Crippen LogP contribution in [0.15, 0.2) is 16.3 Å². The number of nitrogens with zero attached hydrogens (tertiary/aromatic N) is 2. The van der Waals surface area contributed by atoms with E-state index in [1.54, 1.807) is 0 Å². The molecule has 23 heavy (non-hydrogen) atoms. The Morgan fingerprint density at radius 2 is 2.09 bits per heavy atom. The standard InChI is InChI=1S/C12H9F2N3O5S/c13-5-1-4(9(20)8(14)10(5)21)3-15-17-12-16-11(22)6(23-12)2-7(18)19/h1,3,6,20-21H,2H2,(H,18,19)(H,16,17,22). The van der Waals surface area contributed by atoms with Crippen LogP contribution >= 0.6 is 11.8 Å². The minimum Gasteiger partial charge on any atom is -0.504 e. The van der Waals surface area contributed by atoms with Gasteiger partial charge in [0.25, 0.3) is 0 Å². The molecule has 1 saturated heterocycles. The molecule has 0 radical (unpaired) electrons. The highest BCUT2D eigenvalue weighted by atomic mass is 32.2. The number of carbonyl (C=O) groups excluding carboxylic acids is 1. The number of phenols is 2. The number of aromatic hydroxyl groups is 2. The van der Waals surface area contributed by atoms with Gasteiger partial charge in [-0.2, -0.15) is 9.49 Å². The molecule has 0 aliphatic carbocycles. The summed E-state index contributed by atoms with van der Waals surface area (Å²) in [5.41, 5.74) is -0.376. The summed E-state index contributed by atoms with van der Waals surface area (Å²) in [7, 11) is 0. The Balaban J connectivity index is 2.13. The van der Waals surface area contributed by atoms with Crippen molar-refractivity contribution in [1.29, 1.82) is 0 Å². The summed E-state index contributed by atoms with van der Waals surface area (Å²) in [6.07, 6.45) is 0.416. The Bertz CT molecular complexity index is 738. The maximum atomic E-state index is 13.3. The molecule has 0 aromatic heterocycles. The van der Waals surface area contributed by atoms with Crippen molar-refractivity contribution in [3.63, 3.8) is 0 Å². The monoisotopic (exact) mass is 345 g/mol. The lowest BCUT2D eigenvalue weighted by Gasteiger charge is -2.02. The zero-order valence-corrected chi connectivity index (χ0v) is 12.0. The van der Waals surface area contributed by atoms with Crippen molar-refractivity contribution in [3.8, 4) is 11.5 Å². The number of amidine groups is 1. The van der Waals surface area contributed by atoms with Crippen molar-refractivity contribution in [2.24, 2.45) is 10.2 Å². The van der Waals surface area contributed by atoms with Crippen LogP contribution in [-0.4, -0.2) is 43.8 Å². The van der Waals surface area contributed by atoms with E-state index in [0.29, 0.717) is 6.07 Å². The molecule has 1 aliphatic rings. The molecule has 0 bridgehead atoms. The third kappa shape index (κ3) is 3.74. The van der Waals surface area contributed by atoms with Crippen LogP contribution in [0.1, 0.15) is 12.0 Å². The maximum Gasteiger partial charge on any atom is 0.305 e. The van der Waals surface area contributed by atoms with Gasteiger partial charge in [-0.3, -0.25) is 9.59 Å². The van der Waals surface area contributed by atoms with Gasteiger partial charge in [-0.25, -0.2) is 4.39 Å². The molecule has 1 aliphatic heterocycles.